The number of carbonyl (C=O) groups excluding carboxylic acids is 2. The number of carbonyl (C=O) groups is 3. The first-order chi connectivity index (χ1) is 9.16. The summed E-state index contributed by atoms with van der Waals surface area (Å²) in [5.74, 6) is -1.20. The molecule has 0 rings (SSSR count). The van der Waals surface area contributed by atoms with Crippen LogP contribution in [0.25, 0.3) is 0 Å². The predicted octanol–water partition coefficient (Wildman–Crippen LogP) is 2.29. The summed E-state index contributed by atoms with van der Waals surface area (Å²) in [5.41, 5.74) is 0. The lowest BCUT2D eigenvalue weighted by atomic mass is 10.1. The topological polar surface area (TPSA) is 83.5 Å². The fraction of sp³-hybridized carbons (Fsp3) is 0.786. The van der Waals surface area contributed by atoms with E-state index in [1.807, 2.05) is 0 Å². The largest absolute Gasteiger partial charge is 0.480 e. The molecule has 0 unspecified atom stereocenters. The van der Waals surface area contributed by atoms with E-state index in [0.29, 0.717) is 12.8 Å². The van der Waals surface area contributed by atoms with Crippen LogP contribution < -0.4 is 5.32 Å². The van der Waals surface area contributed by atoms with E-state index < -0.39 is 5.97 Å². The molecule has 1 amide bonds. The third-order valence-corrected chi connectivity index (χ3v) is 2.91. The van der Waals surface area contributed by atoms with E-state index in [4.69, 9.17) is 5.11 Å². The monoisotopic (exact) mass is 271 g/mol. The van der Waals surface area contributed by atoms with E-state index in [0.717, 1.165) is 44.8 Å². The van der Waals surface area contributed by atoms with Crippen LogP contribution in [-0.2, 0) is 14.4 Å². The second kappa shape index (κ2) is 13.1. The highest BCUT2D eigenvalue weighted by Crippen LogP contribution is 2.10. The molecule has 110 valence electrons. The summed E-state index contributed by atoms with van der Waals surface area (Å²) in [6, 6.07) is 0. The number of carboxylic acid groups (broad SMARTS) is 1. The van der Waals surface area contributed by atoms with Crippen LogP contribution in [0.1, 0.15) is 64.2 Å². The molecular formula is C14H25NO4. The maximum atomic E-state index is 11.2. The molecule has 5 nitrogen and oxygen atoms in total. The van der Waals surface area contributed by atoms with Gasteiger partial charge in [-0.15, -0.1) is 0 Å². The summed E-state index contributed by atoms with van der Waals surface area (Å²) < 4.78 is 0. The van der Waals surface area contributed by atoms with Crippen LogP contribution in [0, 0.1) is 0 Å². The van der Waals surface area contributed by atoms with Gasteiger partial charge in [-0.05, 0) is 12.8 Å². The SMILES string of the molecule is O=CCCCCCCCCCCC(=O)NCC(=O)O. The number of unbranched alkanes of at least 4 members (excludes halogenated alkanes) is 8. The van der Waals surface area contributed by atoms with Crippen molar-refractivity contribution in [2.24, 2.45) is 0 Å². The van der Waals surface area contributed by atoms with Gasteiger partial charge in [0.05, 0.1) is 0 Å². The molecule has 0 saturated carbocycles. The lowest BCUT2D eigenvalue weighted by molar-refractivity contribution is -0.137. The number of amides is 1. The molecule has 0 aromatic rings. The minimum atomic E-state index is -1.01. The molecule has 0 spiro atoms. The molecule has 0 aliphatic rings. The van der Waals surface area contributed by atoms with E-state index >= 15 is 0 Å². The Bertz CT molecular complexity index is 266. The molecule has 0 bridgehead atoms. The van der Waals surface area contributed by atoms with Gasteiger partial charge in [0.1, 0.15) is 12.8 Å². The Hall–Kier alpha value is -1.39. The number of hydrogen-bond donors (Lipinski definition) is 2. The number of aldehydes is 1. The molecular weight excluding hydrogens is 246 g/mol. The minimum Gasteiger partial charge on any atom is -0.480 e. The molecule has 2 N–H and O–H groups in total. The zero-order valence-corrected chi connectivity index (χ0v) is 11.5. The van der Waals surface area contributed by atoms with Gasteiger partial charge in [-0.25, -0.2) is 0 Å². The van der Waals surface area contributed by atoms with Crippen molar-refractivity contribution >= 4 is 18.2 Å². The maximum absolute atomic E-state index is 11.2. The van der Waals surface area contributed by atoms with E-state index in [1.165, 1.54) is 12.8 Å². The van der Waals surface area contributed by atoms with Crippen molar-refractivity contribution in [2.45, 2.75) is 64.2 Å². The fourth-order valence-electron chi connectivity index (χ4n) is 1.84. The summed E-state index contributed by atoms with van der Waals surface area (Å²) in [4.78, 5) is 31.5. The Kier molecular flexibility index (Phi) is 12.1. The highest BCUT2D eigenvalue weighted by Gasteiger charge is 2.02. The number of carboxylic acids is 1. The summed E-state index contributed by atoms with van der Waals surface area (Å²) in [6.45, 7) is -0.292. The predicted molar refractivity (Wildman–Crippen MR) is 72.9 cm³/mol. The highest BCUT2D eigenvalue weighted by molar-refractivity contribution is 5.80. The van der Waals surface area contributed by atoms with E-state index in [2.05, 4.69) is 5.32 Å². The molecule has 0 heterocycles. The highest BCUT2D eigenvalue weighted by atomic mass is 16.4. The van der Waals surface area contributed by atoms with E-state index in [9.17, 15) is 14.4 Å². The van der Waals surface area contributed by atoms with Gasteiger partial charge in [0, 0.05) is 12.8 Å². The number of aliphatic carboxylic acids is 1. The molecule has 0 aliphatic carbocycles. The maximum Gasteiger partial charge on any atom is 0.322 e. The van der Waals surface area contributed by atoms with Crippen LogP contribution in [0.3, 0.4) is 0 Å². The molecule has 5 heteroatoms. The Morgan fingerprint density at radius 2 is 1.42 bits per heavy atom. The lowest BCUT2D eigenvalue weighted by Crippen LogP contribution is -2.28. The second-order valence-electron chi connectivity index (χ2n) is 4.70. The van der Waals surface area contributed by atoms with Crippen molar-refractivity contribution < 1.29 is 19.5 Å². The van der Waals surface area contributed by atoms with Crippen LogP contribution in [-0.4, -0.2) is 29.8 Å². The molecule has 0 atom stereocenters. The quantitative estimate of drug-likeness (QED) is 0.397. The minimum absolute atomic E-state index is 0.184. The molecule has 0 aromatic carbocycles. The number of rotatable bonds is 13. The smallest absolute Gasteiger partial charge is 0.322 e. The Labute approximate surface area is 114 Å². The summed E-state index contributed by atoms with van der Waals surface area (Å²) >= 11 is 0. The van der Waals surface area contributed by atoms with Crippen molar-refractivity contribution in [3.05, 3.63) is 0 Å². The van der Waals surface area contributed by atoms with Crippen LogP contribution >= 0.6 is 0 Å². The summed E-state index contributed by atoms with van der Waals surface area (Å²) in [7, 11) is 0. The van der Waals surface area contributed by atoms with E-state index in [1.54, 1.807) is 0 Å². The lowest BCUT2D eigenvalue weighted by Gasteiger charge is -2.03. The van der Waals surface area contributed by atoms with Gasteiger partial charge in [0.15, 0.2) is 0 Å². The second-order valence-corrected chi connectivity index (χ2v) is 4.70. The standard InChI is InChI=1S/C14H25NO4/c16-11-9-7-5-3-1-2-4-6-8-10-13(17)15-12-14(18)19/h11H,1-10,12H2,(H,15,17)(H,18,19). The summed E-state index contributed by atoms with van der Waals surface area (Å²) in [6.07, 6.45) is 10.6. The van der Waals surface area contributed by atoms with Gasteiger partial charge in [-0.2, -0.15) is 0 Å². The van der Waals surface area contributed by atoms with Gasteiger partial charge in [-0.1, -0.05) is 38.5 Å². The van der Waals surface area contributed by atoms with Crippen molar-refractivity contribution in [1.29, 1.82) is 0 Å². The van der Waals surface area contributed by atoms with E-state index in [-0.39, 0.29) is 12.5 Å². The Morgan fingerprint density at radius 1 is 0.895 bits per heavy atom. The third-order valence-electron chi connectivity index (χ3n) is 2.91. The molecule has 19 heavy (non-hydrogen) atoms. The normalized spacial score (nSPS) is 10.1. The fourth-order valence-corrected chi connectivity index (χ4v) is 1.84. The first-order valence-corrected chi connectivity index (χ1v) is 7.09. The average Bonchev–Trinajstić information content (AvgIpc) is 2.38. The zero-order chi connectivity index (χ0) is 14.3. The van der Waals surface area contributed by atoms with Gasteiger partial charge in [-0.3, -0.25) is 9.59 Å². The van der Waals surface area contributed by atoms with Gasteiger partial charge in [0.2, 0.25) is 5.91 Å². The zero-order valence-electron chi connectivity index (χ0n) is 11.5. The van der Waals surface area contributed by atoms with Gasteiger partial charge >= 0.3 is 5.97 Å². The van der Waals surface area contributed by atoms with Crippen molar-refractivity contribution in [3.8, 4) is 0 Å². The van der Waals surface area contributed by atoms with Crippen molar-refractivity contribution in [3.63, 3.8) is 0 Å². The number of hydrogen-bond acceptors (Lipinski definition) is 3. The van der Waals surface area contributed by atoms with Crippen LogP contribution in [0.15, 0.2) is 0 Å². The van der Waals surface area contributed by atoms with Crippen molar-refractivity contribution in [1.82, 2.24) is 5.32 Å². The molecule has 0 saturated heterocycles. The third kappa shape index (κ3) is 14.6. The first-order valence-electron chi connectivity index (χ1n) is 7.09. The molecule has 0 aromatic heterocycles. The summed E-state index contributed by atoms with van der Waals surface area (Å²) in [5, 5.41) is 10.7. The Morgan fingerprint density at radius 3 is 1.95 bits per heavy atom. The number of nitrogens with one attached hydrogen (secondary N) is 1. The van der Waals surface area contributed by atoms with Crippen molar-refractivity contribution in [2.75, 3.05) is 6.54 Å². The van der Waals surface area contributed by atoms with Gasteiger partial charge < -0.3 is 15.2 Å². The average molecular weight is 271 g/mol. The van der Waals surface area contributed by atoms with Crippen LogP contribution in [0.4, 0.5) is 0 Å². The van der Waals surface area contributed by atoms with Crippen LogP contribution in [0.5, 0.6) is 0 Å². The van der Waals surface area contributed by atoms with Crippen LogP contribution in [0.2, 0.25) is 0 Å². The molecule has 0 radical (unpaired) electrons. The molecule has 0 fully saturated rings. The van der Waals surface area contributed by atoms with Gasteiger partial charge in [0.25, 0.3) is 0 Å². The first kappa shape index (κ1) is 17.6. The Balaban J connectivity index is 3.15. The molecule has 0 aliphatic heterocycles.